The number of imidazole rings is 1. The summed E-state index contributed by atoms with van der Waals surface area (Å²) in [4.78, 5) is 7.58. The van der Waals surface area contributed by atoms with E-state index in [1.54, 1.807) is 6.20 Å². The number of nitrogens with one attached hydrogen (secondary N) is 2. The Morgan fingerprint density at radius 2 is 1.90 bits per heavy atom. The molecule has 0 saturated heterocycles. The zero-order chi connectivity index (χ0) is 20.9. The Morgan fingerprint density at radius 3 is 2.57 bits per heavy atom. The van der Waals surface area contributed by atoms with Crippen molar-refractivity contribution in [2.75, 3.05) is 13.2 Å². The molecule has 0 fully saturated rings. The Bertz CT molecular complexity index is 1130. The standard InChI is InChI=1S/C24H26N4O2/c1-23(2,3)14-29-16-5-7-20-18(11-16)24(12-21(25)28-13-24)17-10-15(4-6-19(17)30-20)22-26-8-9-27-22/h4-12,28H,13-14,25H2,1-3H3,(H,26,27)/t24-/m0/s1. The predicted molar refractivity (Wildman–Crippen MR) is 117 cm³/mol. The van der Waals surface area contributed by atoms with Gasteiger partial charge in [0, 0.05) is 35.6 Å². The maximum Gasteiger partial charge on any atom is 0.137 e. The number of ether oxygens (including phenoxy) is 2. The molecule has 0 bridgehead atoms. The second-order valence-electron chi connectivity index (χ2n) is 9.18. The highest BCUT2D eigenvalue weighted by atomic mass is 16.5. The van der Waals surface area contributed by atoms with Crippen molar-refractivity contribution in [3.05, 3.63) is 71.8 Å². The molecule has 0 unspecified atom stereocenters. The molecule has 1 aromatic heterocycles. The number of nitrogens with zero attached hydrogens (tertiary/aromatic N) is 1. The van der Waals surface area contributed by atoms with Crippen molar-refractivity contribution in [2.45, 2.75) is 26.2 Å². The number of aromatic nitrogens is 2. The average Bonchev–Trinajstić information content (AvgIpc) is 3.37. The van der Waals surface area contributed by atoms with Crippen LogP contribution in [0.1, 0.15) is 31.9 Å². The molecule has 5 rings (SSSR count). The molecule has 2 aliphatic rings. The van der Waals surface area contributed by atoms with E-state index in [0.717, 1.165) is 39.8 Å². The fourth-order valence-corrected chi connectivity index (χ4v) is 4.09. The molecule has 2 aromatic carbocycles. The zero-order valence-corrected chi connectivity index (χ0v) is 17.5. The molecule has 3 aromatic rings. The minimum Gasteiger partial charge on any atom is -0.493 e. The van der Waals surface area contributed by atoms with Gasteiger partial charge in [-0.05, 0) is 47.9 Å². The van der Waals surface area contributed by atoms with Crippen molar-refractivity contribution in [3.8, 4) is 28.6 Å². The summed E-state index contributed by atoms with van der Waals surface area (Å²) in [6.07, 6.45) is 5.67. The van der Waals surface area contributed by atoms with Crippen LogP contribution >= 0.6 is 0 Å². The number of fused-ring (bicyclic) bond motifs is 4. The number of aromatic amines is 1. The van der Waals surface area contributed by atoms with Crippen LogP contribution in [0.25, 0.3) is 11.4 Å². The van der Waals surface area contributed by atoms with Crippen molar-refractivity contribution in [1.82, 2.24) is 15.3 Å². The van der Waals surface area contributed by atoms with Crippen LogP contribution < -0.4 is 20.5 Å². The second kappa shape index (κ2) is 6.55. The first-order valence-corrected chi connectivity index (χ1v) is 10.2. The summed E-state index contributed by atoms with van der Waals surface area (Å²) in [5.41, 5.74) is 8.95. The first-order valence-electron chi connectivity index (χ1n) is 10.2. The van der Waals surface area contributed by atoms with Crippen molar-refractivity contribution < 1.29 is 9.47 Å². The summed E-state index contributed by atoms with van der Waals surface area (Å²) in [5.74, 6) is 3.97. The lowest BCUT2D eigenvalue weighted by atomic mass is 9.72. The Hall–Kier alpha value is -3.41. The number of benzene rings is 2. The fourth-order valence-electron chi connectivity index (χ4n) is 4.09. The van der Waals surface area contributed by atoms with E-state index < -0.39 is 5.41 Å². The highest BCUT2D eigenvalue weighted by molar-refractivity contribution is 5.68. The van der Waals surface area contributed by atoms with E-state index in [4.69, 9.17) is 15.2 Å². The monoisotopic (exact) mass is 402 g/mol. The summed E-state index contributed by atoms with van der Waals surface area (Å²) in [6, 6.07) is 12.2. The van der Waals surface area contributed by atoms with Gasteiger partial charge in [0.2, 0.25) is 0 Å². The van der Waals surface area contributed by atoms with Crippen molar-refractivity contribution in [1.29, 1.82) is 0 Å². The molecular formula is C24H26N4O2. The topological polar surface area (TPSA) is 85.2 Å². The van der Waals surface area contributed by atoms with E-state index >= 15 is 0 Å². The quantitative estimate of drug-likeness (QED) is 0.608. The van der Waals surface area contributed by atoms with Crippen molar-refractivity contribution >= 4 is 0 Å². The van der Waals surface area contributed by atoms with E-state index in [9.17, 15) is 0 Å². The molecule has 0 aliphatic carbocycles. The number of rotatable bonds is 3. The lowest BCUT2D eigenvalue weighted by Gasteiger charge is -2.36. The van der Waals surface area contributed by atoms with Crippen LogP contribution in [-0.2, 0) is 5.41 Å². The maximum absolute atomic E-state index is 6.29. The van der Waals surface area contributed by atoms with Gasteiger partial charge in [-0.25, -0.2) is 4.98 Å². The SMILES string of the molecule is CC(C)(C)COc1ccc2c(c1)[C@]1(C=C(N)NC1)c1cc(-c3ncc[nH]3)ccc1O2. The molecule has 154 valence electrons. The third kappa shape index (κ3) is 3.09. The van der Waals surface area contributed by atoms with Gasteiger partial charge >= 0.3 is 0 Å². The molecule has 3 heterocycles. The van der Waals surface area contributed by atoms with Gasteiger partial charge in [-0.1, -0.05) is 20.8 Å². The molecule has 2 aliphatic heterocycles. The second-order valence-corrected chi connectivity index (χ2v) is 9.18. The Balaban J connectivity index is 1.63. The van der Waals surface area contributed by atoms with Crippen molar-refractivity contribution in [2.24, 2.45) is 11.1 Å². The molecule has 4 N–H and O–H groups in total. The fraction of sp³-hybridized carbons (Fsp3) is 0.292. The first kappa shape index (κ1) is 18.6. The van der Waals surface area contributed by atoms with E-state index in [2.05, 4.69) is 54.3 Å². The smallest absolute Gasteiger partial charge is 0.137 e. The molecule has 6 heteroatoms. The van der Waals surface area contributed by atoms with Gasteiger partial charge in [0.15, 0.2) is 0 Å². The summed E-state index contributed by atoms with van der Waals surface area (Å²) in [5, 5.41) is 3.31. The highest BCUT2D eigenvalue weighted by Gasteiger charge is 2.44. The van der Waals surface area contributed by atoms with Crippen LogP contribution in [0.3, 0.4) is 0 Å². The minimum atomic E-state index is -0.434. The number of H-pyrrole nitrogens is 1. The molecule has 0 saturated carbocycles. The third-order valence-corrected chi connectivity index (χ3v) is 5.53. The van der Waals surface area contributed by atoms with E-state index in [-0.39, 0.29) is 5.41 Å². The van der Waals surface area contributed by atoms with Crippen LogP contribution in [0.2, 0.25) is 0 Å². The average molecular weight is 402 g/mol. The summed E-state index contributed by atoms with van der Waals surface area (Å²) >= 11 is 0. The van der Waals surface area contributed by atoms with Crippen LogP contribution in [0.15, 0.2) is 60.7 Å². The van der Waals surface area contributed by atoms with E-state index in [1.807, 2.05) is 30.5 Å². The number of hydrogen-bond donors (Lipinski definition) is 3. The van der Waals surface area contributed by atoms with Crippen LogP contribution in [-0.4, -0.2) is 23.1 Å². The normalized spacial score (nSPS) is 19.5. The van der Waals surface area contributed by atoms with Crippen LogP contribution in [0, 0.1) is 5.41 Å². The first-order chi connectivity index (χ1) is 14.3. The van der Waals surface area contributed by atoms with E-state index in [0.29, 0.717) is 19.0 Å². The van der Waals surface area contributed by atoms with Gasteiger partial charge in [0.25, 0.3) is 0 Å². The zero-order valence-electron chi connectivity index (χ0n) is 17.5. The van der Waals surface area contributed by atoms with Gasteiger partial charge in [-0.2, -0.15) is 0 Å². The Morgan fingerprint density at radius 1 is 1.13 bits per heavy atom. The van der Waals surface area contributed by atoms with Gasteiger partial charge in [-0.15, -0.1) is 0 Å². The van der Waals surface area contributed by atoms with Crippen molar-refractivity contribution in [3.63, 3.8) is 0 Å². The van der Waals surface area contributed by atoms with Crippen LogP contribution in [0.4, 0.5) is 0 Å². The van der Waals surface area contributed by atoms with Gasteiger partial charge < -0.3 is 25.5 Å². The van der Waals surface area contributed by atoms with Gasteiger partial charge in [0.05, 0.1) is 17.8 Å². The maximum atomic E-state index is 6.29. The largest absolute Gasteiger partial charge is 0.493 e. The lowest BCUT2D eigenvalue weighted by molar-refractivity contribution is 0.197. The minimum absolute atomic E-state index is 0.0773. The van der Waals surface area contributed by atoms with Crippen LogP contribution in [0.5, 0.6) is 17.2 Å². The van der Waals surface area contributed by atoms with Gasteiger partial charge in [-0.3, -0.25) is 0 Å². The molecule has 30 heavy (non-hydrogen) atoms. The summed E-state index contributed by atoms with van der Waals surface area (Å²) in [7, 11) is 0. The molecule has 0 radical (unpaired) electrons. The number of hydrogen-bond acceptors (Lipinski definition) is 5. The highest BCUT2D eigenvalue weighted by Crippen LogP contribution is 2.52. The number of nitrogens with two attached hydrogens (primary N) is 1. The molecule has 6 nitrogen and oxygen atoms in total. The van der Waals surface area contributed by atoms with Gasteiger partial charge in [0.1, 0.15) is 23.1 Å². The molecular weight excluding hydrogens is 376 g/mol. The lowest BCUT2D eigenvalue weighted by Crippen LogP contribution is -2.34. The van der Waals surface area contributed by atoms with E-state index in [1.165, 1.54) is 0 Å². The Kier molecular flexibility index (Phi) is 4.07. The molecule has 0 amide bonds. The third-order valence-electron chi connectivity index (χ3n) is 5.53. The Labute approximate surface area is 176 Å². The molecule has 1 spiro atoms. The summed E-state index contributed by atoms with van der Waals surface area (Å²) < 4.78 is 12.4. The molecule has 1 atom stereocenters. The summed E-state index contributed by atoms with van der Waals surface area (Å²) in [6.45, 7) is 7.77. The predicted octanol–water partition coefficient (Wildman–Crippen LogP) is 4.30.